The van der Waals surface area contributed by atoms with Crippen molar-refractivity contribution in [2.24, 2.45) is 0 Å². The van der Waals surface area contributed by atoms with E-state index >= 15 is 0 Å². The van der Waals surface area contributed by atoms with Crippen LogP contribution in [0.25, 0.3) is 0 Å². The first-order chi connectivity index (χ1) is 5.61. The SMILES string of the molecule is CCC(=O)OC[C@H](O)[C@H](O)CO. The quantitative estimate of drug-likeness (QED) is 0.453. The first-order valence-corrected chi connectivity index (χ1v) is 3.74. The molecule has 0 amide bonds. The highest BCUT2D eigenvalue weighted by atomic mass is 16.5. The second-order valence-electron chi connectivity index (χ2n) is 2.35. The summed E-state index contributed by atoms with van der Waals surface area (Å²) < 4.78 is 4.52. The highest BCUT2D eigenvalue weighted by molar-refractivity contribution is 5.68. The minimum atomic E-state index is -1.25. The molecule has 0 radical (unpaired) electrons. The number of esters is 1. The van der Waals surface area contributed by atoms with Crippen LogP contribution in [0.5, 0.6) is 0 Å². The third-order valence-electron chi connectivity index (χ3n) is 1.33. The van der Waals surface area contributed by atoms with Crippen molar-refractivity contribution in [2.75, 3.05) is 13.2 Å². The van der Waals surface area contributed by atoms with Gasteiger partial charge in [-0.3, -0.25) is 4.79 Å². The summed E-state index contributed by atoms with van der Waals surface area (Å²) in [6.07, 6.45) is -2.25. The molecular weight excluding hydrogens is 164 g/mol. The third kappa shape index (κ3) is 4.27. The van der Waals surface area contributed by atoms with Crippen molar-refractivity contribution < 1.29 is 24.9 Å². The van der Waals surface area contributed by atoms with Crippen LogP contribution in [0.15, 0.2) is 0 Å². The van der Waals surface area contributed by atoms with E-state index in [1.807, 2.05) is 0 Å². The lowest BCUT2D eigenvalue weighted by Crippen LogP contribution is -2.34. The third-order valence-corrected chi connectivity index (χ3v) is 1.33. The normalized spacial score (nSPS) is 15.3. The molecule has 0 rings (SSSR count). The minimum absolute atomic E-state index is 0.224. The number of carbonyl (C=O) groups excluding carboxylic acids is 1. The summed E-state index contributed by atoms with van der Waals surface area (Å²) in [6, 6.07) is 0. The van der Waals surface area contributed by atoms with Crippen LogP contribution in [0.4, 0.5) is 0 Å². The van der Waals surface area contributed by atoms with Crippen LogP contribution in [0.2, 0.25) is 0 Å². The molecule has 2 atom stereocenters. The lowest BCUT2D eigenvalue weighted by Gasteiger charge is -2.14. The van der Waals surface area contributed by atoms with E-state index in [0.29, 0.717) is 0 Å². The van der Waals surface area contributed by atoms with Gasteiger partial charge in [0.25, 0.3) is 0 Å². The summed E-state index contributed by atoms with van der Waals surface area (Å²) in [5, 5.41) is 26.2. The molecule has 0 aliphatic heterocycles. The van der Waals surface area contributed by atoms with Gasteiger partial charge in [0.2, 0.25) is 0 Å². The van der Waals surface area contributed by atoms with Crippen LogP contribution in [0, 0.1) is 0 Å². The fourth-order valence-electron chi connectivity index (χ4n) is 0.513. The smallest absolute Gasteiger partial charge is 0.305 e. The van der Waals surface area contributed by atoms with Gasteiger partial charge in [-0.25, -0.2) is 0 Å². The van der Waals surface area contributed by atoms with Gasteiger partial charge in [-0.15, -0.1) is 0 Å². The second-order valence-corrected chi connectivity index (χ2v) is 2.35. The van der Waals surface area contributed by atoms with Crippen molar-refractivity contribution in [3.63, 3.8) is 0 Å². The Morgan fingerprint density at radius 3 is 2.42 bits per heavy atom. The predicted octanol–water partition coefficient (Wildman–Crippen LogP) is -1.35. The van der Waals surface area contributed by atoms with Crippen molar-refractivity contribution in [1.82, 2.24) is 0 Å². The number of aliphatic hydroxyl groups excluding tert-OH is 3. The number of rotatable bonds is 5. The van der Waals surface area contributed by atoms with Gasteiger partial charge in [0.15, 0.2) is 0 Å². The number of hydrogen-bond acceptors (Lipinski definition) is 5. The molecule has 0 bridgehead atoms. The molecule has 0 heterocycles. The Kier molecular flexibility index (Phi) is 5.61. The largest absolute Gasteiger partial charge is 0.463 e. The zero-order chi connectivity index (χ0) is 9.56. The van der Waals surface area contributed by atoms with E-state index < -0.39 is 24.8 Å². The molecule has 0 fully saturated rings. The molecule has 0 unspecified atom stereocenters. The van der Waals surface area contributed by atoms with Crippen LogP contribution >= 0.6 is 0 Å². The molecule has 0 spiro atoms. The van der Waals surface area contributed by atoms with Crippen molar-refractivity contribution in [3.8, 4) is 0 Å². The Morgan fingerprint density at radius 1 is 1.42 bits per heavy atom. The monoisotopic (exact) mass is 178 g/mol. The number of ether oxygens (including phenoxy) is 1. The zero-order valence-electron chi connectivity index (χ0n) is 6.93. The van der Waals surface area contributed by atoms with Crippen molar-refractivity contribution in [3.05, 3.63) is 0 Å². The second kappa shape index (κ2) is 5.93. The van der Waals surface area contributed by atoms with Crippen LogP contribution in [-0.4, -0.2) is 46.7 Å². The van der Waals surface area contributed by atoms with E-state index in [1.165, 1.54) is 0 Å². The number of aliphatic hydroxyl groups is 3. The van der Waals surface area contributed by atoms with Crippen LogP contribution in [0.1, 0.15) is 13.3 Å². The lowest BCUT2D eigenvalue weighted by molar-refractivity contribution is -0.149. The molecule has 0 aliphatic carbocycles. The molecule has 0 aromatic carbocycles. The van der Waals surface area contributed by atoms with Crippen molar-refractivity contribution in [1.29, 1.82) is 0 Å². The Balaban J connectivity index is 3.56. The highest BCUT2D eigenvalue weighted by Gasteiger charge is 2.16. The van der Waals surface area contributed by atoms with Crippen LogP contribution in [-0.2, 0) is 9.53 Å². The molecule has 0 aliphatic rings. The minimum Gasteiger partial charge on any atom is -0.463 e. The van der Waals surface area contributed by atoms with Crippen molar-refractivity contribution in [2.45, 2.75) is 25.6 Å². The van der Waals surface area contributed by atoms with Crippen LogP contribution < -0.4 is 0 Å². The average Bonchev–Trinajstić information content (AvgIpc) is 2.11. The first kappa shape index (κ1) is 11.4. The van der Waals surface area contributed by atoms with E-state index in [4.69, 9.17) is 15.3 Å². The van der Waals surface area contributed by atoms with Crippen molar-refractivity contribution >= 4 is 5.97 Å². The van der Waals surface area contributed by atoms with E-state index in [-0.39, 0.29) is 13.0 Å². The summed E-state index contributed by atoms with van der Waals surface area (Å²) in [4.78, 5) is 10.5. The van der Waals surface area contributed by atoms with E-state index in [1.54, 1.807) is 6.92 Å². The molecule has 0 saturated carbocycles. The topological polar surface area (TPSA) is 87.0 Å². The maximum Gasteiger partial charge on any atom is 0.305 e. The Labute approximate surface area is 70.6 Å². The molecule has 12 heavy (non-hydrogen) atoms. The fourth-order valence-corrected chi connectivity index (χ4v) is 0.513. The molecule has 0 aromatic heterocycles. The summed E-state index contributed by atoms with van der Waals surface area (Å²) >= 11 is 0. The molecule has 5 heteroatoms. The van der Waals surface area contributed by atoms with Gasteiger partial charge < -0.3 is 20.1 Å². The van der Waals surface area contributed by atoms with Gasteiger partial charge in [-0.05, 0) is 0 Å². The molecule has 3 N–H and O–H groups in total. The van der Waals surface area contributed by atoms with E-state index in [9.17, 15) is 4.79 Å². The summed E-state index contributed by atoms with van der Waals surface area (Å²) in [5.74, 6) is -0.445. The predicted molar refractivity (Wildman–Crippen MR) is 40.3 cm³/mol. The molecule has 0 saturated heterocycles. The molecular formula is C7H14O5. The van der Waals surface area contributed by atoms with E-state index in [2.05, 4.69) is 4.74 Å². The van der Waals surface area contributed by atoms with Gasteiger partial charge in [-0.2, -0.15) is 0 Å². The highest BCUT2D eigenvalue weighted by Crippen LogP contribution is 1.94. The fraction of sp³-hybridized carbons (Fsp3) is 0.857. The maximum atomic E-state index is 10.5. The Hall–Kier alpha value is -0.650. The standard InChI is InChI=1S/C7H14O5/c1-2-7(11)12-4-6(10)5(9)3-8/h5-6,8-10H,2-4H2,1H3/t5-,6+/m1/s1. The Bertz CT molecular complexity index is 136. The maximum absolute atomic E-state index is 10.5. The average molecular weight is 178 g/mol. The summed E-state index contributed by atoms with van der Waals surface area (Å²) in [6.45, 7) is 0.788. The number of carbonyl (C=O) groups is 1. The van der Waals surface area contributed by atoms with Crippen LogP contribution in [0.3, 0.4) is 0 Å². The summed E-state index contributed by atoms with van der Waals surface area (Å²) in [5.41, 5.74) is 0. The molecule has 72 valence electrons. The Morgan fingerprint density at radius 2 is 2.00 bits per heavy atom. The van der Waals surface area contributed by atoms with Gasteiger partial charge in [0, 0.05) is 6.42 Å². The van der Waals surface area contributed by atoms with Gasteiger partial charge >= 0.3 is 5.97 Å². The number of hydrogen-bond donors (Lipinski definition) is 3. The zero-order valence-corrected chi connectivity index (χ0v) is 6.93. The molecule has 0 aromatic rings. The lowest BCUT2D eigenvalue weighted by atomic mass is 10.2. The van der Waals surface area contributed by atoms with Gasteiger partial charge in [0.05, 0.1) is 6.61 Å². The summed E-state index contributed by atoms with van der Waals surface area (Å²) in [7, 11) is 0. The van der Waals surface area contributed by atoms with Gasteiger partial charge in [0.1, 0.15) is 18.8 Å². The molecule has 5 nitrogen and oxygen atoms in total. The first-order valence-electron chi connectivity index (χ1n) is 3.74. The van der Waals surface area contributed by atoms with Gasteiger partial charge in [-0.1, -0.05) is 6.92 Å². The van der Waals surface area contributed by atoms with E-state index in [0.717, 1.165) is 0 Å².